The van der Waals surface area contributed by atoms with Crippen molar-refractivity contribution in [1.82, 2.24) is 15.1 Å². The van der Waals surface area contributed by atoms with Gasteiger partial charge in [0.25, 0.3) is 0 Å². The fourth-order valence-corrected chi connectivity index (χ4v) is 2.24. The van der Waals surface area contributed by atoms with E-state index in [0.29, 0.717) is 12.6 Å². The number of primary amides is 1. The minimum atomic E-state index is -0.798. The zero-order valence-electron chi connectivity index (χ0n) is 10.9. The Bertz CT molecular complexity index is 285. The third kappa shape index (κ3) is 4.59. The van der Waals surface area contributed by atoms with Crippen LogP contribution in [0.15, 0.2) is 0 Å². The van der Waals surface area contributed by atoms with Crippen molar-refractivity contribution in [3.63, 3.8) is 0 Å². The van der Waals surface area contributed by atoms with Crippen molar-refractivity contribution >= 4 is 11.9 Å². The van der Waals surface area contributed by atoms with Gasteiger partial charge in [0, 0.05) is 38.8 Å². The molecule has 7 heteroatoms. The van der Waals surface area contributed by atoms with E-state index in [0.717, 1.165) is 32.6 Å². The highest BCUT2D eigenvalue weighted by Crippen LogP contribution is 2.08. The Balaban J connectivity index is 2.31. The number of hydrogen-bond acceptors (Lipinski definition) is 5. The molecule has 5 N–H and O–H groups in total. The van der Waals surface area contributed by atoms with Crippen LogP contribution in [0.3, 0.4) is 0 Å². The average Bonchev–Trinajstić information content (AvgIpc) is 2.31. The minimum Gasteiger partial charge on any atom is -0.351 e. The predicted octanol–water partition coefficient (Wildman–Crippen LogP) is -1.46. The summed E-state index contributed by atoms with van der Waals surface area (Å²) in [5.74, 6) is -0.346. The summed E-state index contributed by atoms with van der Waals surface area (Å²) in [4.78, 5) is 26.2. The molecule has 18 heavy (non-hydrogen) atoms. The second-order valence-corrected chi connectivity index (χ2v) is 4.52. The molecule has 1 unspecified atom stereocenters. The van der Waals surface area contributed by atoms with Crippen molar-refractivity contribution in [2.24, 2.45) is 11.5 Å². The van der Waals surface area contributed by atoms with Gasteiger partial charge in [-0.25, -0.2) is 4.79 Å². The molecule has 0 aromatic heterocycles. The lowest BCUT2D eigenvalue weighted by Crippen LogP contribution is -2.54. The number of nitrogens with two attached hydrogens (primary N) is 2. The van der Waals surface area contributed by atoms with Crippen molar-refractivity contribution in [3.8, 4) is 0 Å². The standard InChI is InChI=1S/C11H23N5O2/c1-2-9(7-12)16-5-3-15(4-6-16)8-10(17)14-11(13)18/h9H,2-8,12H2,1H3,(H3,13,14,17,18). The van der Waals surface area contributed by atoms with Gasteiger partial charge in [-0.3, -0.25) is 19.9 Å². The van der Waals surface area contributed by atoms with Crippen LogP contribution in [-0.2, 0) is 4.79 Å². The number of hydrogen-bond donors (Lipinski definition) is 3. The third-order valence-corrected chi connectivity index (χ3v) is 3.30. The summed E-state index contributed by atoms with van der Waals surface area (Å²) in [7, 11) is 0. The number of carbonyl (C=O) groups excluding carboxylic acids is 2. The van der Waals surface area contributed by atoms with E-state index in [4.69, 9.17) is 11.5 Å². The smallest absolute Gasteiger partial charge is 0.318 e. The number of urea groups is 1. The number of nitrogens with zero attached hydrogens (tertiary/aromatic N) is 2. The lowest BCUT2D eigenvalue weighted by atomic mass is 10.1. The van der Waals surface area contributed by atoms with Crippen LogP contribution >= 0.6 is 0 Å². The maximum absolute atomic E-state index is 11.4. The average molecular weight is 257 g/mol. The molecule has 1 saturated heterocycles. The number of rotatable bonds is 5. The van der Waals surface area contributed by atoms with Crippen molar-refractivity contribution < 1.29 is 9.59 Å². The Morgan fingerprint density at radius 1 is 1.28 bits per heavy atom. The van der Waals surface area contributed by atoms with Gasteiger partial charge in [0.1, 0.15) is 0 Å². The van der Waals surface area contributed by atoms with E-state index in [9.17, 15) is 9.59 Å². The Morgan fingerprint density at radius 3 is 2.33 bits per heavy atom. The van der Waals surface area contributed by atoms with E-state index in [1.807, 2.05) is 4.90 Å². The van der Waals surface area contributed by atoms with Gasteiger partial charge < -0.3 is 11.5 Å². The van der Waals surface area contributed by atoms with Crippen LogP contribution in [-0.4, -0.2) is 67.0 Å². The lowest BCUT2D eigenvalue weighted by molar-refractivity contribution is -0.121. The molecule has 1 atom stereocenters. The fourth-order valence-electron chi connectivity index (χ4n) is 2.24. The summed E-state index contributed by atoms with van der Waals surface area (Å²) in [6.45, 7) is 6.43. The maximum atomic E-state index is 11.4. The molecule has 0 aromatic carbocycles. The first-order valence-electron chi connectivity index (χ1n) is 6.32. The molecule has 0 radical (unpaired) electrons. The third-order valence-electron chi connectivity index (χ3n) is 3.30. The predicted molar refractivity (Wildman–Crippen MR) is 68.9 cm³/mol. The van der Waals surface area contributed by atoms with Gasteiger partial charge in [-0.1, -0.05) is 6.92 Å². The molecule has 0 aliphatic carbocycles. The first-order chi connectivity index (χ1) is 8.56. The molecule has 3 amide bonds. The van der Waals surface area contributed by atoms with E-state index in [-0.39, 0.29) is 12.5 Å². The molecule has 0 bridgehead atoms. The zero-order valence-corrected chi connectivity index (χ0v) is 10.9. The molecule has 0 aromatic rings. The monoisotopic (exact) mass is 257 g/mol. The van der Waals surface area contributed by atoms with Crippen molar-refractivity contribution in [1.29, 1.82) is 0 Å². The second kappa shape index (κ2) is 7.30. The SMILES string of the molecule is CCC(CN)N1CCN(CC(=O)NC(N)=O)CC1. The molecular formula is C11H23N5O2. The molecule has 1 aliphatic heterocycles. The highest BCUT2D eigenvalue weighted by atomic mass is 16.2. The molecular weight excluding hydrogens is 234 g/mol. The Morgan fingerprint density at radius 2 is 1.89 bits per heavy atom. The zero-order chi connectivity index (χ0) is 13.5. The van der Waals surface area contributed by atoms with Crippen molar-refractivity contribution in [2.45, 2.75) is 19.4 Å². The highest BCUT2D eigenvalue weighted by Gasteiger charge is 2.23. The molecule has 1 fully saturated rings. The van der Waals surface area contributed by atoms with Crippen LogP contribution in [0.2, 0.25) is 0 Å². The molecule has 104 valence electrons. The molecule has 1 rings (SSSR count). The summed E-state index contributed by atoms with van der Waals surface area (Å²) < 4.78 is 0. The topological polar surface area (TPSA) is 105 Å². The van der Waals surface area contributed by atoms with Gasteiger partial charge in [-0.2, -0.15) is 0 Å². The second-order valence-electron chi connectivity index (χ2n) is 4.52. The van der Waals surface area contributed by atoms with Gasteiger partial charge in [0.2, 0.25) is 5.91 Å². The first kappa shape index (κ1) is 14.9. The summed E-state index contributed by atoms with van der Waals surface area (Å²) in [6.07, 6.45) is 1.04. The van der Waals surface area contributed by atoms with Gasteiger partial charge in [-0.05, 0) is 6.42 Å². The van der Waals surface area contributed by atoms with E-state index in [2.05, 4.69) is 17.1 Å². The number of piperazine rings is 1. The Hall–Kier alpha value is -1.18. The van der Waals surface area contributed by atoms with E-state index in [1.54, 1.807) is 0 Å². The van der Waals surface area contributed by atoms with E-state index >= 15 is 0 Å². The van der Waals surface area contributed by atoms with Crippen molar-refractivity contribution in [2.75, 3.05) is 39.3 Å². The summed E-state index contributed by atoms with van der Waals surface area (Å²) in [5.41, 5.74) is 10.6. The molecule has 7 nitrogen and oxygen atoms in total. The van der Waals surface area contributed by atoms with Crippen LogP contribution in [0.25, 0.3) is 0 Å². The summed E-state index contributed by atoms with van der Waals surface area (Å²) in [6, 6.07) is -0.376. The number of amides is 3. The van der Waals surface area contributed by atoms with Gasteiger partial charge >= 0.3 is 6.03 Å². The summed E-state index contributed by atoms with van der Waals surface area (Å²) >= 11 is 0. The van der Waals surface area contributed by atoms with Crippen LogP contribution in [0.4, 0.5) is 4.79 Å². The minimum absolute atomic E-state index is 0.218. The van der Waals surface area contributed by atoms with Crippen LogP contribution in [0, 0.1) is 0 Å². The fraction of sp³-hybridized carbons (Fsp3) is 0.818. The van der Waals surface area contributed by atoms with Crippen LogP contribution < -0.4 is 16.8 Å². The molecule has 0 spiro atoms. The quantitative estimate of drug-likeness (QED) is 0.558. The van der Waals surface area contributed by atoms with E-state index in [1.165, 1.54) is 0 Å². The molecule has 0 saturated carbocycles. The number of nitrogens with one attached hydrogen (secondary N) is 1. The van der Waals surface area contributed by atoms with Crippen LogP contribution in [0.1, 0.15) is 13.3 Å². The largest absolute Gasteiger partial charge is 0.351 e. The van der Waals surface area contributed by atoms with Crippen molar-refractivity contribution in [3.05, 3.63) is 0 Å². The van der Waals surface area contributed by atoms with Gasteiger partial charge in [0.05, 0.1) is 6.54 Å². The number of carbonyl (C=O) groups is 2. The highest BCUT2D eigenvalue weighted by molar-refractivity contribution is 5.94. The molecule has 1 heterocycles. The Kier molecular flexibility index (Phi) is 6.03. The normalized spacial score (nSPS) is 19.4. The summed E-state index contributed by atoms with van der Waals surface area (Å²) in [5, 5.41) is 2.07. The first-order valence-corrected chi connectivity index (χ1v) is 6.32. The number of imide groups is 1. The Labute approximate surface area is 107 Å². The molecule has 1 aliphatic rings. The maximum Gasteiger partial charge on any atom is 0.318 e. The van der Waals surface area contributed by atoms with Crippen LogP contribution in [0.5, 0.6) is 0 Å². The lowest BCUT2D eigenvalue weighted by Gasteiger charge is -2.38. The van der Waals surface area contributed by atoms with E-state index < -0.39 is 6.03 Å². The van der Waals surface area contributed by atoms with Gasteiger partial charge in [-0.15, -0.1) is 0 Å². The van der Waals surface area contributed by atoms with Gasteiger partial charge in [0.15, 0.2) is 0 Å².